The van der Waals surface area contributed by atoms with E-state index < -0.39 is 0 Å². The van der Waals surface area contributed by atoms with Gasteiger partial charge in [0.15, 0.2) is 0 Å². The Kier molecular flexibility index (Phi) is 9.70. The molecular formula is C19H26Cl2FN3OS. The zero-order valence-corrected chi connectivity index (χ0v) is 17.7. The van der Waals surface area contributed by atoms with Crippen LogP contribution in [0.5, 0.6) is 0 Å². The highest BCUT2D eigenvalue weighted by Gasteiger charge is 2.22. The van der Waals surface area contributed by atoms with Crippen molar-refractivity contribution in [3.8, 4) is 10.4 Å². The molecule has 1 fully saturated rings. The number of hydrogen-bond acceptors (Lipinski definition) is 4. The van der Waals surface area contributed by atoms with Crippen LogP contribution < -0.4 is 5.73 Å². The van der Waals surface area contributed by atoms with Crippen molar-refractivity contribution in [3.63, 3.8) is 0 Å². The molecule has 27 heavy (non-hydrogen) atoms. The van der Waals surface area contributed by atoms with Gasteiger partial charge in [-0.3, -0.25) is 9.69 Å². The maximum absolute atomic E-state index is 13.9. The van der Waals surface area contributed by atoms with Gasteiger partial charge in [-0.2, -0.15) is 0 Å². The summed E-state index contributed by atoms with van der Waals surface area (Å²) in [7, 11) is 0. The maximum Gasteiger partial charge on any atom is 0.224 e. The molecule has 2 heterocycles. The largest absolute Gasteiger partial charge is 0.340 e. The quantitative estimate of drug-likeness (QED) is 0.780. The maximum atomic E-state index is 13.9. The predicted molar refractivity (Wildman–Crippen MR) is 114 cm³/mol. The van der Waals surface area contributed by atoms with E-state index in [1.165, 1.54) is 10.9 Å². The van der Waals surface area contributed by atoms with Gasteiger partial charge in [0, 0.05) is 60.5 Å². The molecule has 0 radical (unpaired) electrons. The lowest BCUT2D eigenvalue weighted by atomic mass is 10.2. The number of piperazine rings is 1. The van der Waals surface area contributed by atoms with Crippen LogP contribution in [0.4, 0.5) is 4.39 Å². The highest BCUT2D eigenvalue weighted by Crippen LogP contribution is 2.30. The third-order valence-electron chi connectivity index (χ3n) is 4.40. The third kappa shape index (κ3) is 6.43. The first-order valence-electron chi connectivity index (χ1n) is 8.62. The second kappa shape index (κ2) is 11.0. The minimum Gasteiger partial charge on any atom is -0.340 e. The van der Waals surface area contributed by atoms with Crippen molar-refractivity contribution in [2.24, 2.45) is 5.73 Å². The first-order valence-corrected chi connectivity index (χ1v) is 9.44. The summed E-state index contributed by atoms with van der Waals surface area (Å²) in [6.07, 6.45) is 0.414. The second-order valence-electron chi connectivity index (χ2n) is 6.58. The van der Waals surface area contributed by atoms with Crippen LogP contribution in [0.1, 0.15) is 18.2 Å². The van der Waals surface area contributed by atoms with Gasteiger partial charge in [0.05, 0.1) is 0 Å². The highest BCUT2D eigenvalue weighted by atomic mass is 35.5. The number of nitrogens with two attached hydrogens (primary N) is 1. The van der Waals surface area contributed by atoms with E-state index in [2.05, 4.69) is 11.0 Å². The molecule has 1 unspecified atom stereocenters. The first-order chi connectivity index (χ1) is 12.0. The van der Waals surface area contributed by atoms with Crippen molar-refractivity contribution < 1.29 is 9.18 Å². The van der Waals surface area contributed by atoms with Crippen LogP contribution in [0.15, 0.2) is 36.4 Å². The van der Waals surface area contributed by atoms with E-state index in [1.807, 2.05) is 30.0 Å². The van der Waals surface area contributed by atoms with Gasteiger partial charge in [0.25, 0.3) is 0 Å². The minimum atomic E-state index is -0.183. The van der Waals surface area contributed by atoms with Crippen LogP contribution in [-0.2, 0) is 11.3 Å². The van der Waals surface area contributed by atoms with Crippen molar-refractivity contribution >= 4 is 42.1 Å². The van der Waals surface area contributed by atoms with E-state index >= 15 is 0 Å². The van der Waals surface area contributed by atoms with Crippen LogP contribution in [-0.4, -0.2) is 47.9 Å². The van der Waals surface area contributed by atoms with Gasteiger partial charge in [-0.25, -0.2) is 4.39 Å². The molecule has 2 aromatic rings. The molecule has 3 rings (SSSR count). The molecule has 0 saturated carbocycles. The van der Waals surface area contributed by atoms with Crippen LogP contribution in [0.2, 0.25) is 0 Å². The Labute approximate surface area is 176 Å². The van der Waals surface area contributed by atoms with Gasteiger partial charge in [-0.05, 0) is 25.1 Å². The standard InChI is InChI=1S/C19H24FN3OS.2ClH/c1-14(21)12-19(24)23-10-8-22(9-11-23)13-15-6-7-18(25-15)16-4-2-3-5-17(16)20;;/h2-7,14H,8-13,21H2,1H3;2*1H. The monoisotopic (exact) mass is 433 g/mol. The Bertz CT molecular complexity index is 733. The molecule has 4 nitrogen and oxygen atoms in total. The summed E-state index contributed by atoms with van der Waals surface area (Å²) in [6, 6.07) is 10.8. The molecule has 1 aromatic carbocycles. The molecule has 150 valence electrons. The molecule has 1 amide bonds. The molecule has 1 aliphatic heterocycles. The second-order valence-corrected chi connectivity index (χ2v) is 7.75. The topological polar surface area (TPSA) is 49.6 Å². The van der Waals surface area contributed by atoms with E-state index in [9.17, 15) is 9.18 Å². The van der Waals surface area contributed by atoms with Gasteiger partial charge in [-0.1, -0.05) is 18.2 Å². The molecule has 0 bridgehead atoms. The van der Waals surface area contributed by atoms with Crippen LogP contribution in [0, 0.1) is 5.82 Å². The summed E-state index contributed by atoms with van der Waals surface area (Å²) in [6.45, 7) is 5.91. The number of carbonyl (C=O) groups excluding carboxylic acids is 1. The number of nitrogens with zero attached hydrogens (tertiary/aromatic N) is 2. The minimum absolute atomic E-state index is 0. The Morgan fingerprint density at radius 2 is 1.81 bits per heavy atom. The highest BCUT2D eigenvalue weighted by molar-refractivity contribution is 7.15. The average molecular weight is 434 g/mol. The third-order valence-corrected chi connectivity index (χ3v) is 5.51. The number of rotatable bonds is 5. The molecule has 1 saturated heterocycles. The molecule has 8 heteroatoms. The van der Waals surface area contributed by atoms with E-state index in [0.717, 1.165) is 37.6 Å². The van der Waals surface area contributed by atoms with Crippen LogP contribution in [0.25, 0.3) is 10.4 Å². The summed E-state index contributed by atoms with van der Waals surface area (Å²) in [5.41, 5.74) is 6.36. The number of amides is 1. The molecule has 0 spiro atoms. The Morgan fingerprint density at radius 1 is 1.15 bits per heavy atom. The first kappa shape index (κ1) is 23.9. The van der Waals surface area contributed by atoms with Gasteiger partial charge in [-0.15, -0.1) is 36.2 Å². The van der Waals surface area contributed by atoms with E-state index in [-0.39, 0.29) is 42.6 Å². The van der Waals surface area contributed by atoms with E-state index in [0.29, 0.717) is 12.0 Å². The summed E-state index contributed by atoms with van der Waals surface area (Å²) in [4.78, 5) is 18.5. The summed E-state index contributed by atoms with van der Waals surface area (Å²) in [5.74, 6) is -0.0372. The summed E-state index contributed by atoms with van der Waals surface area (Å²) >= 11 is 1.63. The zero-order valence-electron chi connectivity index (χ0n) is 15.3. The number of benzene rings is 1. The lowest BCUT2D eigenvalue weighted by molar-refractivity contribution is -0.133. The number of carbonyl (C=O) groups is 1. The lowest BCUT2D eigenvalue weighted by Gasteiger charge is -2.34. The fourth-order valence-electron chi connectivity index (χ4n) is 3.05. The Hall–Kier alpha value is -1.18. The average Bonchev–Trinajstić information content (AvgIpc) is 3.03. The number of halogens is 3. The van der Waals surface area contributed by atoms with Crippen molar-refractivity contribution in [1.82, 2.24) is 9.80 Å². The molecule has 1 aliphatic rings. The Morgan fingerprint density at radius 3 is 2.44 bits per heavy atom. The number of thiophene rings is 1. The smallest absolute Gasteiger partial charge is 0.224 e. The molecule has 1 aromatic heterocycles. The lowest BCUT2D eigenvalue weighted by Crippen LogP contribution is -2.49. The van der Waals surface area contributed by atoms with Crippen molar-refractivity contribution in [2.75, 3.05) is 26.2 Å². The molecule has 0 aliphatic carbocycles. The van der Waals surface area contributed by atoms with E-state index in [1.54, 1.807) is 17.4 Å². The van der Waals surface area contributed by atoms with Gasteiger partial charge in [0.1, 0.15) is 5.82 Å². The van der Waals surface area contributed by atoms with Crippen LogP contribution >= 0.6 is 36.2 Å². The van der Waals surface area contributed by atoms with Gasteiger partial charge in [0.2, 0.25) is 5.91 Å². The number of hydrogen-bond donors (Lipinski definition) is 1. The summed E-state index contributed by atoms with van der Waals surface area (Å²) < 4.78 is 13.9. The Balaban J connectivity index is 0.00000182. The molecular weight excluding hydrogens is 408 g/mol. The normalized spacial score (nSPS) is 15.6. The predicted octanol–water partition coefficient (Wildman–Crippen LogP) is 3.78. The molecule has 1 atom stereocenters. The van der Waals surface area contributed by atoms with Gasteiger partial charge >= 0.3 is 0 Å². The summed E-state index contributed by atoms with van der Waals surface area (Å²) in [5, 5.41) is 0. The zero-order chi connectivity index (χ0) is 17.8. The van der Waals surface area contributed by atoms with Crippen molar-refractivity contribution in [2.45, 2.75) is 25.9 Å². The van der Waals surface area contributed by atoms with Crippen molar-refractivity contribution in [3.05, 3.63) is 47.1 Å². The van der Waals surface area contributed by atoms with Gasteiger partial charge < -0.3 is 10.6 Å². The fraction of sp³-hybridized carbons (Fsp3) is 0.421. The fourth-order valence-corrected chi connectivity index (χ4v) is 4.13. The van der Waals surface area contributed by atoms with E-state index in [4.69, 9.17) is 5.73 Å². The van der Waals surface area contributed by atoms with Crippen LogP contribution in [0.3, 0.4) is 0 Å². The van der Waals surface area contributed by atoms with Crippen molar-refractivity contribution in [1.29, 1.82) is 0 Å². The molecule has 2 N–H and O–H groups in total. The SMILES string of the molecule is CC(N)CC(=O)N1CCN(Cc2ccc(-c3ccccc3F)s2)CC1.Cl.Cl.